The summed E-state index contributed by atoms with van der Waals surface area (Å²) in [6.45, 7) is 10.1. The number of rotatable bonds is 3. The van der Waals surface area contributed by atoms with Crippen LogP contribution in [0.4, 0.5) is 0 Å². The van der Waals surface area contributed by atoms with Gasteiger partial charge in [0.2, 0.25) is 0 Å². The molecule has 2 N–H and O–H groups in total. The quantitative estimate of drug-likeness (QED) is 0.812. The zero-order chi connectivity index (χ0) is 11.7. The Morgan fingerprint density at radius 3 is 2.20 bits per heavy atom. The number of aromatic nitrogens is 4. The molecule has 15 heavy (non-hydrogen) atoms. The Morgan fingerprint density at radius 2 is 1.80 bits per heavy atom. The van der Waals surface area contributed by atoms with Crippen molar-refractivity contribution in [3.05, 3.63) is 5.82 Å². The summed E-state index contributed by atoms with van der Waals surface area (Å²) in [5.74, 6) is 0.767. The van der Waals surface area contributed by atoms with E-state index in [2.05, 4.69) is 15.4 Å². The molecule has 0 unspecified atom stereocenters. The Labute approximate surface area is 91.0 Å². The molecule has 1 rings (SSSR count). The molecule has 0 amide bonds. The van der Waals surface area contributed by atoms with Gasteiger partial charge in [-0.25, -0.2) is 0 Å². The third-order valence-corrected chi connectivity index (χ3v) is 2.05. The van der Waals surface area contributed by atoms with E-state index in [9.17, 15) is 0 Å². The van der Waals surface area contributed by atoms with Crippen LogP contribution in [0, 0.1) is 0 Å². The number of nitrogens with zero attached hydrogens (tertiary/aromatic N) is 4. The van der Waals surface area contributed by atoms with Gasteiger partial charge < -0.3 is 5.73 Å². The van der Waals surface area contributed by atoms with Crippen molar-refractivity contribution in [3.63, 3.8) is 0 Å². The van der Waals surface area contributed by atoms with Gasteiger partial charge in [0.05, 0.1) is 5.54 Å². The minimum Gasteiger partial charge on any atom is -0.326 e. The Kier molecular flexibility index (Phi) is 3.13. The molecule has 1 aromatic rings. The average Bonchev–Trinajstić information content (AvgIpc) is 2.45. The Morgan fingerprint density at radius 1 is 1.20 bits per heavy atom. The van der Waals surface area contributed by atoms with Crippen LogP contribution in [0.1, 0.15) is 46.9 Å². The minimum absolute atomic E-state index is 0.108. The number of hydrogen-bond acceptors (Lipinski definition) is 4. The molecule has 0 aliphatic heterocycles. The minimum atomic E-state index is -0.173. The zero-order valence-corrected chi connectivity index (χ0v) is 10.3. The fraction of sp³-hybridized carbons (Fsp3) is 0.900. The molecule has 0 aliphatic rings. The van der Waals surface area contributed by atoms with E-state index in [4.69, 9.17) is 5.73 Å². The second-order valence-electron chi connectivity index (χ2n) is 5.65. The molecule has 0 bridgehead atoms. The van der Waals surface area contributed by atoms with E-state index in [1.54, 1.807) is 4.80 Å². The third-order valence-electron chi connectivity index (χ3n) is 2.05. The van der Waals surface area contributed by atoms with Crippen molar-refractivity contribution >= 4 is 0 Å². The van der Waals surface area contributed by atoms with Gasteiger partial charge in [0.15, 0.2) is 5.82 Å². The van der Waals surface area contributed by atoms with Gasteiger partial charge in [-0.15, -0.1) is 10.2 Å². The number of aryl methyl sites for hydroxylation is 1. The van der Waals surface area contributed by atoms with E-state index in [0.717, 1.165) is 18.7 Å². The molecule has 86 valence electrons. The molecular formula is C10H21N5. The molecule has 0 fully saturated rings. The maximum Gasteiger partial charge on any atom is 0.174 e. The maximum absolute atomic E-state index is 5.89. The molecular weight excluding hydrogens is 190 g/mol. The summed E-state index contributed by atoms with van der Waals surface area (Å²) in [7, 11) is 0. The van der Waals surface area contributed by atoms with Gasteiger partial charge in [-0.1, -0.05) is 0 Å². The van der Waals surface area contributed by atoms with E-state index in [1.165, 1.54) is 0 Å². The lowest BCUT2D eigenvalue weighted by Gasteiger charge is -2.17. The summed E-state index contributed by atoms with van der Waals surface area (Å²) in [6, 6.07) is 0. The SMILES string of the molecule is CC(C)(N)CCc1nnn(C(C)(C)C)n1. The second-order valence-corrected chi connectivity index (χ2v) is 5.65. The van der Waals surface area contributed by atoms with Crippen LogP contribution in [0.5, 0.6) is 0 Å². The molecule has 0 radical (unpaired) electrons. The van der Waals surface area contributed by atoms with Crippen molar-refractivity contribution in [2.24, 2.45) is 5.73 Å². The van der Waals surface area contributed by atoms with Gasteiger partial charge in [0, 0.05) is 12.0 Å². The van der Waals surface area contributed by atoms with E-state index < -0.39 is 0 Å². The molecule has 5 nitrogen and oxygen atoms in total. The summed E-state index contributed by atoms with van der Waals surface area (Å²) in [6.07, 6.45) is 1.64. The normalized spacial score (nSPS) is 13.2. The van der Waals surface area contributed by atoms with Gasteiger partial charge in [0.1, 0.15) is 0 Å². The Hall–Kier alpha value is -0.970. The van der Waals surface area contributed by atoms with Crippen LogP contribution < -0.4 is 5.73 Å². The molecule has 0 atom stereocenters. The Balaban J connectivity index is 2.62. The van der Waals surface area contributed by atoms with Crippen molar-refractivity contribution in [1.29, 1.82) is 0 Å². The van der Waals surface area contributed by atoms with Gasteiger partial charge in [-0.2, -0.15) is 4.80 Å². The van der Waals surface area contributed by atoms with Crippen molar-refractivity contribution in [3.8, 4) is 0 Å². The monoisotopic (exact) mass is 211 g/mol. The highest BCUT2D eigenvalue weighted by atomic mass is 15.6. The van der Waals surface area contributed by atoms with Crippen LogP contribution in [-0.2, 0) is 12.0 Å². The molecule has 0 spiro atoms. The molecule has 0 saturated carbocycles. The fourth-order valence-corrected chi connectivity index (χ4v) is 1.06. The Bertz CT molecular complexity index is 315. The average molecular weight is 211 g/mol. The predicted octanol–water partition coefficient (Wildman–Crippen LogP) is 1.10. The maximum atomic E-state index is 5.89. The standard InChI is InChI=1S/C10H21N5/c1-9(2,3)15-13-8(12-14-15)6-7-10(4,5)11/h6-7,11H2,1-5H3. The first kappa shape index (κ1) is 12.1. The molecule has 0 aliphatic carbocycles. The first-order chi connectivity index (χ1) is 6.68. The van der Waals surface area contributed by atoms with Crippen LogP contribution in [0.25, 0.3) is 0 Å². The topological polar surface area (TPSA) is 69.6 Å². The van der Waals surface area contributed by atoms with Crippen molar-refractivity contribution < 1.29 is 0 Å². The lowest BCUT2D eigenvalue weighted by molar-refractivity contribution is 0.305. The summed E-state index contributed by atoms with van der Waals surface area (Å²) in [5, 5.41) is 12.4. The van der Waals surface area contributed by atoms with Crippen LogP contribution in [-0.4, -0.2) is 25.7 Å². The zero-order valence-electron chi connectivity index (χ0n) is 10.3. The highest BCUT2D eigenvalue weighted by molar-refractivity contribution is 4.84. The highest BCUT2D eigenvalue weighted by Gasteiger charge is 2.18. The summed E-state index contributed by atoms with van der Waals surface area (Å²) >= 11 is 0. The van der Waals surface area contributed by atoms with Gasteiger partial charge in [-0.3, -0.25) is 0 Å². The lowest BCUT2D eigenvalue weighted by Crippen LogP contribution is -2.32. The van der Waals surface area contributed by atoms with Gasteiger partial charge in [0.25, 0.3) is 0 Å². The summed E-state index contributed by atoms with van der Waals surface area (Å²) in [4.78, 5) is 1.64. The van der Waals surface area contributed by atoms with Crippen LogP contribution in [0.2, 0.25) is 0 Å². The highest BCUT2D eigenvalue weighted by Crippen LogP contribution is 2.11. The van der Waals surface area contributed by atoms with Crippen molar-refractivity contribution in [1.82, 2.24) is 20.2 Å². The fourth-order valence-electron chi connectivity index (χ4n) is 1.06. The van der Waals surface area contributed by atoms with E-state index in [0.29, 0.717) is 0 Å². The number of nitrogens with two attached hydrogens (primary N) is 1. The van der Waals surface area contributed by atoms with Crippen molar-refractivity contribution in [2.75, 3.05) is 0 Å². The molecule has 0 aromatic carbocycles. The van der Waals surface area contributed by atoms with Crippen molar-refractivity contribution in [2.45, 2.75) is 58.5 Å². The summed E-state index contributed by atoms with van der Waals surface area (Å²) in [5.41, 5.74) is 5.61. The first-order valence-corrected chi connectivity index (χ1v) is 5.27. The smallest absolute Gasteiger partial charge is 0.174 e. The van der Waals surface area contributed by atoms with E-state index >= 15 is 0 Å². The van der Waals surface area contributed by atoms with Crippen LogP contribution in [0.15, 0.2) is 0 Å². The van der Waals surface area contributed by atoms with Gasteiger partial charge in [-0.05, 0) is 46.3 Å². The molecule has 1 heterocycles. The van der Waals surface area contributed by atoms with Crippen LogP contribution >= 0.6 is 0 Å². The molecule has 0 saturated heterocycles. The second kappa shape index (κ2) is 3.89. The first-order valence-electron chi connectivity index (χ1n) is 5.27. The van der Waals surface area contributed by atoms with Gasteiger partial charge >= 0.3 is 0 Å². The molecule has 1 aromatic heterocycles. The largest absolute Gasteiger partial charge is 0.326 e. The predicted molar refractivity (Wildman–Crippen MR) is 59.4 cm³/mol. The number of hydrogen-bond donors (Lipinski definition) is 1. The number of tetrazole rings is 1. The van der Waals surface area contributed by atoms with E-state index in [1.807, 2.05) is 34.6 Å². The third kappa shape index (κ3) is 3.95. The molecule has 5 heteroatoms. The van der Waals surface area contributed by atoms with E-state index in [-0.39, 0.29) is 11.1 Å². The lowest BCUT2D eigenvalue weighted by atomic mass is 10.0. The van der Waals surface area contributed by atoms with Crippen LogP contribution in [0.3, 0.4) is 0 Å². The summed E-state index contributed by atoms with van der Waals surface area (Å²) < 4.78 is 0.